The molecule has 114 valence electrons. The first kappa shape index (κ1) is 16.1. The number of hydrogen-bond acceptors (Lipinski definition) is 1. The highest BCUT2D eigenvalue weighted by molar-refractivity contribution is 5.85. The molecule has 1 atom stereocenters. The maximum Gasteiger partial charge on any atom is 0.274 e. The van der Waals surface area contributed by atoms with Crippen molar-refractivity contribution < 1.29 is 8.78 Å². The predicted molar refractivity (Wildman–Crippen MR) is 88.7 cm³/mol. The van der Waals surface area contributed by atoms with Crippen LogP contribution in [-0.2, 0) is 0 Å². The zero-order chi connectivity index (χ0) is 15.9. The largest absolute Gasteiger partial charge is 0.274 e. The summed E-state index contributed by atoms with van der Waals surface area (Å²) in [4.78, 5) is 4.40. The second-order valence-electron chi connectivity index (χ2n) is 5.17. The van der Waals surface area contributed by atoms with E-state index in [2.05, 4.69) is 4.99 Å². The zero-order valence-electron chi connectivity index (χ0n) is 12.8. The van der Waals surface area contributed by atoms with Gasteiger partial charge in [0.05, 0.1) is 5.69 Å². The van der Waals surface area contributed by atoms with E-state index in [-0.39, 0.29) is 11.5 Å². The van der Waals surface area contributed by atoms with Gasteiger partial charge in [-0.05, 0) is 24.0 Å². The highest BCUT2D eigenvalue weighted by Gasteiger charge is 2.18. The number of allylic oxidation sites excluding steroid dienone is 1. The first-order valence-corrected chi connectivity index (χ1v) is 7.37. The Morgan fingerprint density at radius 1 is 1.05 bits per heavy atom. The Hall–Kier alpha value is -2.29. The normalized spacial score (nSPS) is 12.4. The van der Waals surface area contributed by atoms with E-state index in [9.17, 15) is 8.78 Å². The van der Waals surface area contributed by atoms with Crippen LogP contribution in [0.5, 0.6) is 0 Å². The third-order valence-electron chi connectivity index (χ3n) is 3.66. The molecule has 0 bridgehead atoms. The zero-order valence-corrected chi connectivity index (χ0v) is 12.8. The van der Waals surface area contributed by atoms with E-state index < -0.39 is 6.08 Å². The lowest BCUT2D eigenvalue weighted by molar-refractivity contribution is 0.417. The van der Waals surface area contributed by atoms with Gasteiger partial charge in [0.15, 0.2) is 0 Å². The van der Waals surface area contributed by atoms with Gasteiger partial charge in [0.1, 0.15) is 0 Å². The molecule has 0 N–H and O–H groups in total. The van der Waals surface area contributed by atoms with Crippen LogP contribution in [-0.4, -0.2) is 6.21 Å². The van der Waals surface area contributed by atoms with Crippen molar-refractivity contribution in [3.63, 3.8) is 0 Å². The van der Waals surface area contributed by atoms with Gasteiger partial charge < -0.3 is 0 Å². The molecular weight excluding hydrogens is 280 g/mol. The van der Waals surface area contributed by atoms with Gasteiger partial charge in [0.2, 0.25) is 0 Å². The standard InChI is InChI=1S/C19H19F2N/c1-3-14(2)18(19(20)21)16-11-7-8-12-17(16)22-13-15-9-5-4-6-10-15/h4-14H,3H2,1-2H3. The minimum Gasteiger partial charge on any atom is -0.256 e. The van der Waals surface area contributed by atoms with E-state index in [0.29, 0.717) is 17.7 Å². The highest BCUT2D eigenvalue weighted by Crippen LogP contribution is 2.35. The van der Waals surface area contributed by atoms with Crippen molar-refractivity contribution in [1.82, 2.24) is 0 Å². The van der Waals surface area contributed by atoms with Gasteiger partial charge in [0.25, 0.3) is 6.08 Å². The summed E-state index contributed by atoms with van der Waals surface area (Å²) in [5.74, 6) is -0.210. The van der Waals surface area contributed by atoms with Crippen molar-refractivity contribution in [2.24, 2.45) is 10.9 Å². The summed E-state index contributed by atoms with van der Waals surface area (Å²) in [5.41, 5.74) is 2.09. The molecule has 0 amide bonds. The van der Waals surface area contributed by atoms with Crippen LogP contribution in [0.4, 0.5) is 14.5 Å². The molecule has 2 rings (SSSR count). The van der Waals surface area contributed by atoms with Crippen LogP contribution in [0.3, 0.4) is 0 Å². The van der Waals surface area contributed by atoms with E-state index >= 15 is 0 Å². The maximum atomic E-state index is 13.4. The van der Waals surface area contributed by atoms with Gasteiger partial charge in [0, 0.05) is 17.4 Å². The van der Waals surface area contributed by atoms with Crippen molar-refractivity contribution in [1.29, 1.82) is 0 Å². The summed E-state index contributed by atoms with van der Waals surface area (Å²) < 4.78 is 26.8. The number of nitrogens with zero attached hydrogens (tertiary/aromatic N) is 1. The minimum absolute atomic E-state index is 0.0864. The molecule has 3 heteroatoms. The molecule has 0 fully saturated rings. The smallest absolute Gasteiger partial charge is 0.256 e. The summed E-state index contributed by atoms with van der Waals surface area (Å²) in [6, 6.07) is 16.7. The Labute approximate surface area is 130 Å². The average molecular weight is 299 g/mol. The third kappa shape index (κ3) is 3.88. The second kappa shape index (κ2) is 7.64. The van der Waals surface area contributed by atoms with Crippen LogP contribution in [0.1, 0.15) is 31.4 Å². The third-order valence-corrected chi connectivity index (χ3v) is 3.66. The van der Waals surface area contributed by atoms with Gasteiger partial charge in [-0.25, -0.2) is 0 Å². The summed E-state index contributed by atoms with van der Waals surface area (Å²) in [6.07, 6.45) is 0.726. The van der Waals surface area contributed by atoms with Gasteiger partial charge >= 0.3 is 0 Å². The summed E-state index contributed by atoms with van der Waals surface area (Å²) in [6.45, 7) is 3.72. The van der Waals surface area contributed by atoms with E-state index in [4.69, 9.17) is 0 Å². The Kier molecular flexibility index (Phi) is 5.59. The molecule has 0 aliphatic heterocycles. The Morgan fingerprint density at radius 2 is 1.68 bits per heavy atom. The van der Waals surface area contributed by atoms with Crippen LogP contribution in [0, 0.1) is 5.92 Å². The summed E-state index contributed by atoms with van der Waals surface area (Å²) >= 11 is 0. The quantitative estimate of drug-likeness (QED) is 0.592. The van der Waals surface area contributed by atoms with Gasteiger partial charge in [-0.15, -0.1) is 0 Å². The van der Waals surface area contributed by atoms with Crippen molar-refractivity contribution in [2.75, 3.05) is 0 Å². The van der Waals surface area contributed by atoms with Crippen molar-refractivity contribution in [2.45, 2.75) is 20.3 Å². The maximum absolute atomic E-state index is 13.4. The lowest BCUT2D eigenvalue weighted by Gasteiger charge is -2.15. The van der Waals surface area contributed by atoms with E-state index in [1.807, 2.05) is 50.2 Å². The molecule has 0 radical (unpaired) electrons. The van der Waals surface area contributed by atoms with Crippen LogP contribution in [0.15, 0.2) is 65.7 Å². The molecule has 22 heavy (non-hydrogen) atoms. The number of hydrogen-bond donors (Lipinski definition) is 0. The summed E-state index contributed by atoms with van der Waals surface area (Å²) in [5, 5.41) is 0. The first-order chi connectivity index (χ1) is 10.6. The molecule has 1 nitrogen and oxygen atoms in total. The lowest BCUT2D eigenvalue weighted by atomic mass is 9.92. The average Bonchev–Trinajstić information content (AvgIpc) is 2.54. The second-order valence-corrected chi connectivity index (χ2v) is 5.17. The first-order valence-electron chi connectivity index (χ1n) is 7.37. The topological polar surface area (TPSA) is 12.4 Å². The molecule has 2 aromatic rings. The van der Waals surface area contributed by atoms with E-state index in [0.717, 1.165) is 5.56 Å². The number of halogens is 2. The fourth-order valence-electron chi connectivity index (χ4n) is 2.25. The van der Waals surface area contributed by atoms with Gasteiger partial charge in [-0.1, -0.05) is 62.4 Å². The molecule has 0 heterocycles. The highest BCUT2D eigenvalue weighted by atomic mass is 19.3. The van der Waals surface area contributed by atoms with Crippen molar-refractivity contribution >= 4 is 17.5 Å². The Balaban J connectivity index is 2.43. The van der Waals surface area contributed by atoms with E-state index in [1.165, 1.54) is 0 Å². The molecule has 0 aromatic heterocycles. The van der Waals surface area contributed by atoms with Crippen LogP contribution < -0.4 is 0 Å². The molecule has 2 aromatic carbocycles. The molecular formula is C19H19F2N. The minimum atomic E-state index is -1.63. The number of aliphatic imine (C=N–C) groups is 1. The number of rotatable bonds is 5. The number of para-hydroxylation sites is 1. The summed E-state index contributed by atoms with van der Waals surface area (Å²) in [7, 11) is 0. The number of benzene rings is 2. The predicted octanol–water partition coefficient (Wildman–Crippen LogP) is 6.09. The van der Waals surface area contributed by atoms with Gasteiger partial charge in [-0.3, -0.25) is 4.99 Å². The molecule has 0 spiro atoms. The Bertz CT molecular complexity index is 671. The van der Waals surface area contributed by atoms with Crippen molar-refractivity contribution in [3.8, 4) is 0 Å². The molecule has 0 aliphatic rings. The molecule has 1 unspecified atom stereocenters. The monoisotopic (exact) mass is 299 g/mol. The van der Waals surface area contributed by atoms with Crippen LogP contribution in [0.2, 0.25) is 0 Å². The van der Waals surface area contributed by atoms with Crippen LogP contribution >= 0.6 is 0 Å². The molecule has 0 saturated carbocycles. The Morgan fingerprint density at radius 3 is 2.32 bits per heavy atom. The van der Waals surface area contributed by atoms with Gasteiger partial charge in [-0.2, -0.15) is 8.78 Å². The van der Waals surface area contributed by atoms with E-state index in [1.54, 1.807) is 24.4 Å². The molecule has 0 saturated heterocycles. The lowest BCUT2D eigenvalue weighted by Crippen LogP contribution is -1.99. The van der Waals surface area contributed by atoms with Crippen LogP contribution in [0.25, 0.3) is 5.57 Å². The van der Waals surface area contributed by atoms with Crippen molar-refractivity contribution in [3.05, 3.63) is 71.8 Å². The SMILES string of the molecule is CCC(C)C(=C(F)F)c1ccccc1N=Cc1ccccc1. The molecule has 0 aliphatic carbocycles. The fraction of sp³-hybridized carbons (Fsp3) is 0.211. The fourth-order valence-corrected chi connectivity index (χ4v) is 2.25.